The predicted molar refractivity (Wildman–Crippen MR) is 118 cm³/mol. The van der Waals surface area contributed by atoms with Crippen molar-refractivity contribution in [2.24, 2.45) is 4.99 Å². The zero-order valence-corrected chi connectivity index (χ0v) is 16.4. The van der Waals surface area contributed by atoms with Gasteiger partial charge in [0, 0.05) is 29.9 Å². The number of aliphatic imine (C=N–C) groups is 1. The summed E-state index contributed by atoms with van der Waals surface area (Å²) in [7, 11) is 0. The molecule has 1 saturated heterocycles. The highest BCUT2D eigenvalue weighted by Gasteiger charge is 2.15. The summed E-state index contributed by atoms with van der Waals surface area (Å²) in [5.41, 5.74) is 4.95. The van der Waals surface area contributed by atoms with Gasteiger partial charge >= 0.3 is 0 Å². The van der Waals surface area contributed by atoms with Gasteiger partial charge in [0.05, 0.1) is 11.4 Å². The van der Waals surface area contributed by atoms with Crippen molar-refractivity contribution < 1.29 is 5.11 Å². The summed E-state index contributed by atoms with van der Waals surface area (Å²) in [6.07, 6.45) is 4.91. The second-order valence-electron chi connectivity index (χ2n) is 7.10. The second-order valence-corrected chi connectivity index (χ2v) is 7.51. The molecule has 0 saturated carbocycles. The van der Waals surface area contributed by atoms with Crippen LogP contribution in [0.5, 0.6) is 5.75 Å². The zero-order valence-electron chi connectivity index (χ0n) is 15.7. The van der Waals surface area contributed by atoms with Gasteiger partial charge in [-0.05, 0) is 60.7 Å². The molecular weight excluding hydrogens is 368 g/mol. The molecule has 3 nitrogen and oxygen atoms in total. The molecule has 0 unspecified atom stereocenters. The number of phenolic OH excluding ortho intramolecular Hbond substituents is 1. The number of rotatable bonds is 5. The number of nitrogens with zero attached hydrogens (tertiary/aromatic N) is 2. The summed E-state index contributed by atoms with van der Waals surface area (Å²) in [5, 5.41) is 11.0. The van der Waals surface area contributed by atoms with Crippen LogP contribution in [-0.4, -0.2) is 24.4 Å². The fourth-order valence-electron chi connectivity index (χ4n) is 3.62. The van der Waals surface area contributed by atoms with E-state index in [2.05, 4.69) is 11.0 Å². The third kappa shape index (κ3) is 4.20. The van der Waals surface area contributed by atoms with Crippen molar-refractivity contribution in [1.29, 1.82) is 0 Å². The Kier molecular flexibility index (Phi) is 5.63. The minimum atomic E-state index is 0.227. The Morgan fingerprint density at radius 2 is 1.71 bits per heavy atom. The lowest BCUT2D eigenvalue weighted by Crippen LogP contribution is -2.17. The highest BCUT2D eigenvalue weighted by atomic mass is 35.5. The van der Waals surface area contributed by atoms with Gasteiger partial charge in [0.2, 0.25) is 0 Å². The average Bonchev–Trinajstić information content (AvgIpc) is 3.25. The first-order valence-corrected chi connectivity index (χ1v) is 10.0. The number of halogens is 1. The minimum absolute atomic E-state index is 0.227. The van der Waals surface area contributed by atoms with Crippen molar-refractivity contribution in [3.63, 3.8) is 0 Å². The van der Waals surface area contributed by atoms with Crippen LogP contribution < -0.4 is 4.90 Å². The van der Waals surface area contributed by atoms with Crippen LogP contribution in [0.25, 0.3) is 0 Å². The van der Waals surface area contributed by atoms with Gasteiger partial charge in [-0.25, -0.2) is 0 Å². The van der Waals surface area contributed by atoms with Gasteiger partial charge < -0.3 is 10.0 Å². The molecule has 1 N–H and O–H groups in total. The normalized spacial score (nSPS) is 14.1. The van der Waals surface area contributed by atoms with Crippen LogP contribution in [0.2, 0.25) is 5.02 Å². The van der Waals surface area contributed by atoms with Crippen molar-refractivity contribution >= 4 is 29.2 Å². The first-order valence-electron chi connectivity index (χ1n) is 9.64. The third-order valence-electron chi connectivity index (χ3n) is 5.12. The van der Waals surface area contributed by atoms with E-state index in [1.165, 1.54) is 12.8 Å². The Hall–Kier alpha value is -2.78. The molecule has 4 rings (SSSR count). The lowest BCUT2D eigenvalue weighted by molar-refractivity contribution is 0.474. The Balaban J connectivity index is 1.59. The summed E-state index contributed by atoms with van der Waals surface area (Å²) in [5.74, 6) is 0.227. The van der Waals surface area contributed by atoms with Crippen LogP contribution in [0, 0.1) is 0 Å². The molecule has 3 aromatic rings. The van der Waals surface area contributed by atoms with Gasteiger partial charge in [0.25, 0.3) is 0 Å². The Bertz CT molecular complexity index is 993. The largest absolute Gasteiger partial charge is 0.507 e. The van der Waals surface area contributed by atoms with E-state index in [1.807, 2.05) is 54.6 Å². The summed E-state index contributed by atoms with van der Waals surface area (Å²) in [6.45, 7) is 2.15. The van der Waals surface area contributed by atoms with E-state index >= 15 is 0 Å². The van der Waals surface area contributed by atoms with E-state index in [9.17, 15) is 5.11 Å². The number of para-hydroxylation sites is 2. The standard InChI is InChI=1S/C24H23ClN2O/c25-21-8-2-1-7-19(21)15-18-11-12-24(28)20(16-18)17-26-22-9-3-4-10-23(22)27-13-5-6-14-27/h1-4,7-12,16-17,28H,5-6,13-15H2. The van der Waals surface area contributed by atoms with Crippen molar-refractivity contribution in [2.45, 2.75) is 19.3 Å². The van der Waals surface area contributed by atoms with E-state index in [1.54, 1.807) is 12.3 Å². The van der Waals surface area contributed by atoms with E-state index in [-0.39, 0.29) is 5.75 Å². The average molecular weight is 391 g/mol. The van der Waals surface area contributed by atoms with Crippen LogP contribution in [-0.2, 0) is 6.42 Å². The Morgan fingerprint density at radius 3 is 2.54 bits per heavy atom. The van der Waals surface area contributed by atoms with E-state index in [0.717, 1.165) is 40.6 Å². The molecule has 1 fully saturated rings. The van der Waals surface area contributed by atoms with E-state index < -0.39 is 0 Å². The summed E-state index contributed by atoms with van der Waals surface area (Å²) < 4.78 is 0. The number of benzene rings is 3. The van der Waals surface area contributed by atoms with Crippen LogP contribution in [0.4, 0.5) is 11.4 Å². The van der Waals surface area contributed by atoms with Crippen LogP contribution >= 0.6 is 11.6 Å². The first kappa shape index (κ1) is 18.6. The molecule has 4 heteroatoms. The van der Waals surface area contributed by atoms with Crippen molar-refractivity contribution in [2.75, 3.05) is 18.0 Å². The Labute approximate surface area is 170 Å². The monoisotopic (exact) mass is 390 g/mol. The highest BCUT2D eigenvalue weighted by molar-refractivity contribution is 6.31. The topological polar surface area (TPSA) is 35.8 Å². The van der Waals surface area contributed by atoms with Gasteiger partial charge in [-0.3, -0.25) is 4.99 Å². The fraction of sp³-hybridized carbons (Fsp3) is 0.208. The molecule has 1 aliphatic heterocycles. The van der Waals surface area contributed by atoms with Crippen LogP contribution in [0.15, 0.2) is 71.7 Å². The first-order chi connectivity index (χ1) is 13.7. The van der Waals surface area contributed by atoms with Crippen LogP contribution in [0.3, 0.4) is 0 Å². The molecule has 0 aromatic heterocycles. The van der Waals surface area contributed by atoms with E-state index in [4.69, 9.17) is 16.6 Å². The molecule has 0 spiro atoms. The molecule has 0 bridgehead atoms. The molecule has 0 atom stereocenters. The maximum absolute atomic E-state index is 10.3. The molecule has 0 amide bonds. The van der Waals surface area contributed by atoms with Gasteiger partial charge in [-0.15, -0.1) is 0 Å². The molecule has 1 aliphatic rings. The molecule has 0 aliphatic carbocycles. The van der Waals surface area contributed by atoms with Gasteiger partial charge in [-0.2, -0.15) is 0 Å². The lowest BCUT2D eigenvalue weighted by Gasteiger charge is -2.19. The smallest absolute Gasteiger partial charge is 0.124 e. The zero-order chi connectivity index (χ0) is 19.3. The molecule has 3 aromatic carbocycles. The highest BCUT2D eigenvalue weighted by Crippen LogP contribution is 2.31. The third-order valence-corrected chi connectivity index (χ3v) is 5.48. The number of aromatic hydroxyl groups is 1. The molecule has 28 heavy (non-hydrogen) atoms. The molecular formula is C24H23ClN2O. The maximum atomic E-state index is 10.3. The van der Waals surface area contributed by atoms with Crippen LogP contribution in [0.1, 0.15) is 29.5 Å². The van der Waals surface area contributed by atoms with Crippen molar-refractivity contribution in [1.82, 2.24) is 0 Å². The quantitative estimate of drug-likeness (QED) is 0.543. The summed E-state index contributed by atoms with van der Waals surface area (Å²) in [6, 6.07) is 21.6. The number of anilines is 1. The summed E-state index contributed by atoms with van der Waals surface area (Å²) >= 11 is 6.29. The van der Waals surface area contributed by atoms with Crippen molar-refractivity contribution in [3.05, 3.63) is 88.4 Å². The minimum Gasteiger partial charge on any atom is -0.507 e. The summed E-state index contributed by atoms with van der Waals surface area (Å²) in [4.78, 5) is 7.07. The number of hydrogen-bond acceptors (Lipinski definition) is 3. The number of hydrogen-bond donors (Lipinski definition) is 1. The molecule has 0 radical (unpaired) electrons. The maximum Gasteiger partial charge on any atom is 0.124 e. The molecule has 1 heterocycles. The lowest BCUT2D eigenvalue weighted by atomic mass is 10.0. The SMILES string of the molecule is Oc1ccc(Cc2ccccc2Cl)cc1C=Nc1ccccc1N1CCCC1. The van der Waals surface area contributed by atoms with Gasteiger partial charge in [0.15, 0.2) is 0 Å². The van der Waals surface area contributed by atoms with E-state index in [0.29, 0.717) is 12.0 Å². The number of phenols is 1. The van der Waals surface area contributed by atoms with Gasteiger partial charge in [0.1, 0.15) is 5.75 Å². The predicted octanol–water partition coefficient (Wildman–Crippen LogP) is 5.99. The van der Waals surface area contributed by atoms with Crippen molar-refractivity contribution in [3.8, 4) is 5.75 Å². The molecule has 142 valence electrons. The van der Waals surface area contributed by atoms with Gasteiger partial charge in [-0.1, -0.05) is 48.0 Å². The Morgan fingerprint density at radius 1 is 0.964 bits per heavy atom. The fourth-order valence-corrected chi connectivity index (χ4v) is 3.82. The second kappa shape index (κ2) is 8.49.